The Hall–Kier alpha value is -6.28. The molecule has 0 aliphatic carbocycles. The molecule has 8 nitrogen and oxygen atoms in total. The monoisotopic (exact) mass is 682 g/mol. The first-order valence-corrected chi connectivity index (χ1v) is 17.9. The van der Waals surface area contributed by atoms with Gasteiger partial charge in [-0.05, 0) is 97.7 Å². The van der Waals surface area contributed by atoms with Crippen LogP contribution in [0.15, 0.2) is 122 Å². The maximum Gasteiger partial charge on any atom is 0.0763 e. The maximum absolute atomic E-state index is 5.46. The van der Waals surface area contributed by atoms with Crippen molar-refractivity contribution in [3.63, 3.8) is 0 Å². The smallest absolute Gasteiger partial charge is 0.0763 e. The SMILES string of the molecule is CN1C=CC=CC1c1c2nc(c(C3C=CC=CN3C)c3ccc([nH]3)c(C3C=CC=CN3C)c3ccc([nH]3)c(C3C=CC=CN3C)c3nc1C=C3)C=C2. The Balaban J connectivity index is 1.43. The van der Waals surface area contributed by atoms with Crippen molar-refractivity contribution in [1.82, 2.24) is 39.5 Å². The Morgan fingerprint density at radius 3 is 1.02 bits per heavy atom. The predicted octanol–water partition coefficient (Wildman–Crippen LogP) is 8.88. The van der Waals surface area contributed by atoms with E-state index >= 15 is 0 Å². The molecule has 8 heteroatoms. The Labute approximate surface area is 304 Å². The van der Waals surface area contributed by atoms with Gasteiger partial charge in [-0.25, -0.2) is 9.97 Å². The van der Waals surface area contributed by atoms with Gasteiger partial charge in [0.15, 0.2) is 0 Å². The number of aromatic nitrogens is 4. The molecule has 0 amide bonds. The number of allylic oxidation sites excluding steroid dienone is 8. The molecule has 6 aliphatic heterocycles. The number of hydrogen-bond donors (Lipinski definition) is 2. The van der Waals surface area contributed by atoms with Gasteiger partial charge in [-0.2, -0.15) is 0 Å². The van der Waals surface area contributed by atoms with Crippen LogP contribution in [0.4, 0.5) is 0 Å². The zero-order valence-corrected chi connectivity index (χ0v) is 29.8. The van der Waals surface area contributed by atoms with Crippen LogP contribution in [-0.2, 0) is 0 Å². The van der Waals surface area contributed by atoms with Gasteiger partial charge in [0.1, 0.15) is 0 Å². The standard InChI is InChI=1S/C44H42N8/c1-49-25-9-5-13-37(49)41-29-17-19-31(45-29)42(38-14-6-10-26-50(38)2)33-21-23-35(47-33)44(40-16-8-12-28-52(40)4)36-24-22-34(48-36)43(32-20-18-30(41)46-32)39-15-7-11-27-51(39)3/h5-28,37-40,45-46H,1-4H3. The molecule has 6 aliphatic rings. The summed E-state index contributed by atoms with van der Waals surface area (Å²) in [6.07, 6.45) is 43.0. The zero-order chi connectivity index (χ0) is 35.3. The largest absolute Gasteiger partial charge is 0.370 e. The van der Waals surface area contributed by atoms with Crippen LogP contribution in [0.2, 0.25) is 0 Å². The van der Waals surface area contributed by atoms with Crippen molar-refractivity contribution in [1.29, 1.82) is 0 Å². The molecular formula is C44H42N8. The number of H-pyrrole nitrogens is 2. The molecule has 258 valence electrons. The topological polar surface area (TPSA) is 70.3 Å². The van der Waals surface area contributed by atoms with Crippen molar-refractivity contribution >= 4 is 46.4 Å². The lowest BCUT2D eigenvalue weighted by molar-refractivity contribution is 0.387. The Morgan fingerprint density at radius 2 is 0.673 bits per heavy atom. The highest BCUT2D eigenvalue weighted by molar-refractivity contribution is 5.85. The van der Waals surface area contributed by atoms with Crippen LogP contribution in [0.25, 0.3) is 46.4 Å². The summed E-state index contributed by atoms with van der Waals surface area (Å²) >= 11 is 0. The minimum atomic E-state index is -0.0393. The molecule has 0 spiro atoms. The van der Waals surface area contributed by atoms with Gasteiger partial charge < -0.3 is 29.6 Å². The number of nitrogens with one attached hydrogen (secondary N) is 2. The van der Waals surface area contributed by atoms with E-state index in [1.807, 2.05) is 0 Å². The fraction of sp³-hybridized carbons (Fsp3) is 0.182. The van der Waals surface area contributed by atoms with Crippen LogP contribution < -0.4 is 0 Å². The quantitative estimate of drug-likeness (QED) is 0.197. The molecule has 0 saturated carbocycles. The Bertz CT molecular complexity index is 2290. The van der Waals surface area contributed by atoms with Crippen LogP contribution >= 0.6 is 0 Å². The molecule has 0 fully saturated rings. The average molecular weight is 683 g/mol. The van der Waals surface area contributed by atoms with Crippen LogP contribution in [0.5, 0.6) is 0 Å². The van der Waals surface area contributed by atoms with E-state index in [9.17, 15) is 0 Å². The number of fused-ring (bicyclic) bond motifs is 8. The van der Waals surface area contributed by atoms with E-state index in [1.165, 1.54) is 0 Å². The summed E-state index contributed by atoms with van der Waals surface area (Å²) in [7, 11) is 8.50. The van der Waals surface area contributed by atoms with Crippen molar-refractivity contribution in [2.75, 3.05) is 28.2 Å². The van der Waals surface area contributed by atoms with Crippen LogP contribution in [0.3, 0.4) is 0 Å². The summed E-state index contributed by atoms with van der Waals surface area (Å²) in [5, 5.41) is 0. The van der Waals surface area contributed by atoms with Gasteiger partial charge in [-0.1, -0.05) is 48.6 Å². The highest BCUT2D eigenvalue weighted by atomic mass is 15.1. The van der Waals surface area contributed by atoms with Gasteiger partial charge in [-0.3, -0.25) is 0 Å². The fourth-order valence-electron chi connectivity index (χ4n) is 8.07. The molecule has 4 atom stereocenters. The number of rotatable bonds is 4. The van der Waals surface area contributed by atoms with E-state index < -0.39 is 0 Å². The van der Waals surface area contributed by atoms with Gasteiger partial charge in [-0.15, -0.1) is 0 Å². The van der Waals surface area contributed by atoms with Gasteiger partial charge in [0, 0.05) is 72.5 Å². The van der Waals surface area contributed by atoms with Crippen LogP contribution in [-0.4, -0.2) is 67.7 Å². The first-order chi connectivity index (χ1) is 25.4. The van der Waals surface area contributed by atoms with E-state index in [4.69, 9.17) is 9.97 Å². The fourth-order valence-corrected chi connectivity index (χ4v) is 8.07. The number of aromatic amines is 2. The van der Waals surface area contributed by atoms with Crippen molar-refractivity contribution in [3.05, 3.63) is 167 Å². The molecule has 2 N–H and O–H groups in total. The van der Waals surface area contributed by atoms with E-state index in [0.29, 0.717) is 0 Å². The lowest BCUT2D eigenvalue weighted by Gasteiger charge is -2.28. The molecule has 0 aromatic carbocycles. The summed E-state index contributed by atoms with van der Waals surface area (Å²) in [4.78, 5) is 27.7. The molecule has 9 rings (SSSR count). The zero-order valence-electron chi connectivity index (χ0n) is 29.8. The number of hydrogen-bond acceptors (Lipinski definition) is 6. The lowest BCUT2D eigenvalue weighted by atomic mass is 10.00. The number of nitrogens with zero attached hydrogens (tertiary/aromatic N) is 6. The third-order valence-electron chi connectivity index (χ3n) is 10.8. The molecule has 52 heavy (non-hydrogen) atoms. The first-order valence-electron chi connectivity index (χ1n) is 17.9. The average Bonchev–Trinajstić information content (AvgIpc) is 3.99. The molecule has 0 saturated heterocycles. The van der Waals surface area contributed by atoms with Crippen molar-refractivity contribution in [2.45, 2.75) is 24.2 Å². The summed E-state index contributed by atoms with van der Waals surface area (Å²) in [6.45, 7) is 0. The normalized spacial score (nSPS) is 22.8. The minimum Gasteiger partial charge on any atom is -0.370 e. The highest BCUT2D eigenvalue weighted by Crippen LogP contribution is 2.39. The van der Waals surface area contributed by atoms with E-state index in [-0.39, 0.29) is 24.2 Å². The second-order valence-electron chi connectivity index (χ2n) is 14.0. The van der Waals surface area contributed by atoms with Gasteiger partial charge in [0.2, 0.25) is 0 Å². The summed E-state index contributed by atoms with van der Waals surface area (Å²) in [5.41, 5.74) is 12.3. The van der Waals surface area contributed by atoms with E-state index in [0.717, 1.165) is 67.1 Å². The third kappa shape index (κ3) is 5.39. The van der Waals surface area contributed by atoms with Crippen molar-refractivity contribution < 1.29 is 0 Å². The van der Waals surface area contributed by atoms with E-state index in [2.05, 4.69) is 204 Å². The summed E-state index contributed by atoms with van der Waals surface area (Å²) in [6, 6.07) is 8.81. The molecule has 8 bridgehead atoms. The number of likely N-dealkylation sites (N-methyl/N-ethyl adjacent to an activating group) is 4. The molecule has 4 unspecified atom stereocenters. The molecule has 3 aromatic heterocycles. The van der Waals surface area contributed by atoms with Gasteiger partial charge >= 0.3 is 0 Å². The molecular weight excluding hydrogens is 641 g/mol. The highest BCUT2D eigenvalue weighted by Gasteiger charge is 2.28. The van der Waals surface area contributed by atoms with Gasteiger partial charge in [0.25, 0.3) is 0 Å². The molecule has 0 radical (unpaired) electrons. The lowest BCUT2D eigenvalue weighted by Crippen LogP contribution is -2.21. The first kappa shape index (κ1) is 31.7. The predicted molar refractivity (Wildman–Crippen MR) is 214 cm³/mol. The Morgan fingerprint density at radius 1 is 0.385 bits per heavy atom. The summed E-state index contributed by atoms with van der Waals surface area (Å²) < 4.78 is 0. The molecule has 9 heterocycles. The Kier molecular flexibility index (Phi) is 7.80. The van der Waals surface area contributed by atoms with Crippen LogP contribution in [0, 0.1) is 0 Å². The maximum atomic E-state index is 5.46. The van der Waals surface area contributed by atoms with E-state index in [1.54, 1.807) is 0 Å². The summed E-state index contributed by atoms with van der Waals surface area (Å²) in [5.74, 6) is 0. The minimum absolute atomic E-state index is 0.00759. The van der Waals surface area contributed by atoms with Gasteiger partial charge in [0.05, 0.1) is 46.9 Å². The third-order valence-corrected chi connectivity index (χ3v) is 10.8. The van der Waals surface area contributed by atoms with Crippen LogP contribution in [0.1, 0.15) is 69.2 Å². The van der Waals surface area contributed by atoms with Crippen molar-refractivity contribution in [3.8, 4) is 0 Å². The second-order valence-corrected chi connectivity index (χ2v) is 14.0. The molecule has 3 aromatic rings. The second kappa shape index (κ2) is 12.8. The van der Waals surface area contributed by atoms with Crippen molar-refractivity contribution in [2.24, 2.45) is 0 Å².